The Morgan fingerprint density at radius 2 is 1.80 bits per heavy atom. The van der Waals surface area contributed by atoms with E-state index in [0.29, 0.717) is 11.7 Å². The molecule has 0 heterocycles. The van der Waals surface area contributed by atoms with Crippen molar-refractivity contribution in [2.24, 2.45) is 5.92 Å². The lowest BCUT2D eigenvalue weighted by Gasteiger charge is -2.29. The van der Waals surface area contributed by atoms with Crippen LogP contribution in [0.3, 0.4) is 0 Å². The Balaban J connectivity index is 2.17. The second kappa shape index (κ2) is 7.63. The monoisotopic (exact) mass is 279 g/mol. The quantitative estimate of drug-likeness (QED) is 0.879. The molecule has 0 saturated heterocycles. The Labute approximate surface area is 121 Å². The van der Waals surface area contributed by atoms with E-state index in [4.69, 9.17) is 4.74 Å². The zero-order valence-electron chi connectivity index (χ0n) is 12.6. The molecule has 1 aliphatic rings. The number of nitrogens with one attached hydrogen (secondary N) is 1. The lowest BCUT2D eigenvalue weighted by atomic mass is 9.83. The van der Waals surface area contributed by atoms with Crippen LogP contribution in [-0.2, 0) is 0 Å². The molecule has 1 fully saturated rings. The number of rotatable bonds is 4. The summed E-state index contributed by atoms with van der Waals surface area (Å²) in [6.07, 6.45) is 8.90. The second-order valence-electron chi connectivity index (χ2n) is 5.76. The maximum atomic E-state index is 14.3. The van der Waals surface area contributed by atoms with Crippen LogP contribution in [0.1, 0.15) is 56.6 Å². The van der Waals surface area contributed by atoms with Crippen LogP contribution in [0.4, 0.5) is 4.39 Å². The summed E-state index contributed by atoms with van der Waals surface area (Å²) in [6.45, 7) is 0. The van der Waals surface area contributed by atoms with Gasteiger partial charge in [-0.25, -0.2) is 4.39 Å². The Morgan fingerprint density at radius 1 is 1.15 bits per heavy atom. The van der Waals surface area contributed by atoms with E-state index in [2.05, 4.69) is 5.32 Å². The van der Waals surface area contributed by atoms with Crippen molar-refractivity contribution in [2.45, 2.75) is 51.0 Å². The van der Waals surface area contributed by atoms with Crippen LogP contribution in [0, 0.1) is 11.7 Å². The Hall–Kier alpha value is -1.09. The van der Waals surface area contributed by atoms with Crippen molar-refractivity contribution in [1.82, 2.24) is 5.32 Å². The fourth-order valence-electron chi connectivity index (χ4n) is 3.35. The second-order valence-corrected chi connectivity index (χ2v) is 5.76. The van der Waals surface area contributed by atoms with Crippen LogP contribution in [0.2, 0.25) is 0 Å². The van der Waals surface area contributed by atoms with Gasteiger partial charge in [-0.3, -0.25) is 0 Å². The van der Waals surface area contributed by atoms with Gasteiger partial charge in [0.25, 0.3) is 0 Å². The molecule has 1 saturated carbocycles. The van der Waals surface area contributed by atoms with Crippen LogP contribution >= 0.6 is 0 Å². The molecule has 1 aliphatic carbocycles. The van der Waals surface area contributed by atoms with Crippen molar-refractivity contribution in [1.29, 1.82) is 0 Å². The highest BCUT2D eigenvalue weighted by molar-refractivity contribution is 5.31. The van der Waals surface area contributed by atoms with Gasteiger partial charge in [-0.05, 0) is 31.9 Å². The number of ether oxygens (including phenoxy) is 1. The molecule has 1 N–H and O–H groups in total. The summed E-state index contributed by atoms with van der Waals surface area (Å²) >= 11 is 0. The Bertz CT molecular complexity index is 413. The van der Waals surface area contributed by atoms with Gasteiger partial charge in [0, 0.05) is 17.7 Å². The molecule has 2 nitrogen and oxygen atoms in total. The van der Waals surface area contributed by atoms with Gasteiger partial charge in [0.05, 0.1) is 7.11 Å². The first-order valence-electron chi connectivity index (χ1n) is 7.77. The normalized spacial score (nSPS) is 19.1. The summed E-state index contributed by atoms with van der Waals surface area (Å²) in [5.74, 6) is 0.952. The predicted molar refractivity (Wildman–Crippen MR) is 80.6 cm³/mol. The van der Waals surface area contributed by atoms with Crippen molar-refractivity contribution in [3.05, 3.63) is 29.6 Å². The zero-order chi connectivity index (χ0) is 14.4. The molecule has 0 bridgehead atoms. The third-order valence-corrected chi connectivity index (χ3v) is 4.47. The van der Waals surface area contributed by atoms with Crippen LogP contribution in [-0.4, -0.2) is 14.2 Å². The standard InChI is InChI=1S/C17H26FNO/c1-19-17(13-8-6-4-3-5-7-9-13)15-11-10-14(20-2)12-16(15)18/h10-13,17,19H,3-9H2,1-2H3. The van der Waals surface area contributed by atoms with Crippen LogP contribution in [0.25, 0.3) is 0 Å². The molecule has 0 aromatic heterocycles. The van der Waals surface area contributed by atoms with E-state index in [1.807, 2.05) is 19.2 Å². The summed E-state index contributed by atoms with van der Waals surface area (Å²) in [7, 11) is 3.51. The topological polar surface area (TPSA) is 21.3 Å². The largest absolute Gasteiger partial charge is 0.497 e. The first-order valence-corrected chi connectivity index (χ1v) is 7.77. The Morgan fingerprint density at radius 3 is 2.35 bits per heavy atom. The number of methoxy groups -OCH3 is 1. The fourth-order valence-corrected chi connectivity index (χ4v) is 3.35. The summed E-state index contributed by atoms with van der Waals surface area (Å²) in [4.78, 5) is 0. The molecule has 112 valence electrons. The molecular weight excluding hydrogens is 253 g/mol. The van der Waals surface area contributed by atoms with Crippen LogP contribution in [0.15, 0.2) is 18.2 Å². The predicted octanol–water partition coefficient (Wildman–Crippen LogP) is 4.46. The van der Waals surface area contributed by atoms with Gasteiger partial charge in [0.1, 0.15) is 11.6 Å². The highest BCUT2D eigenvalue weighted by Gasteiger charge is 2.24. The summed E-state index contributed by atoms with van der Waals surface area (Å²) in [5, 5.41) is 3.33. The van der Waals surface area contributed by atoms with Gasteiger partial charge >= 0.3 is 0 Å². The van der Waals surface area contributed by atoms with Gasteiger partial charge < -0.3 is 10.1 Å². The third kappa shape index (κ3) is 3.72. The molecule has 0 spiro atoms. The molecule has 1 aromatic carbocycles. The van der Waals surface area contributed by atoms with Gasteiger partial charge in [0.15, 0.2) is 0 Å². The van der Waals surface area contributed by atoms with Crippen molar-refractivity contribution in [3.8, 4) is 5.75 Å². The van der Waals surface area contributed by atoms with E-state index in [0.717, 1.165) is 5.56 Å². The van der Waals surface area contributed by atoms with Crippen molar-refractivity contribution >= 4 is 0 Å². The first kappa shape index (κ1) is 15.3. The third-order valence-electron chi connectivity index (χ3n) is 4.47. The minimum atomic E-state index is -0.161. The van der Waals surface area contributed by atoms with E-state index in [9.17, 15) is 4.39 Å². The van der Waals surface area contributed by atoms with E-state index in [1.54, 1.807) is 7.11 Å². The highest BCUT2D eigenvalue weighted by Crippen LogP contribution is 2.34. The molecule has 2 rings (SSSR count). The molecule has 3 heteroatoms. The van der Waals surface area contributed by atoms with E-state index in [1.165, 1.54) is 51.0 Å². The molecule has 0 aliphatic heterocycles. The van der Waals surface area contributed by atoms with Gasteiger partial charge in [-0.2, -0.15) is 0 Å². The van der Waals surface area contributed by atoms with Gasteiger partial charge in [-0.1, -0.05) is 38.2 Å². The number of halogens is 1. The highest BCUT2D eigenvalue weighted by atomic mass is 19.1. The molecule has 1 unspecified atom stereocenters. The van der Waals surface area contributed by atoms with Crippen molar-refractivity contribution in [3.63, 3.8) is 0 Å². The maximum Gasteiger partial charge on any atom is 0.131 e. The fraction of sp³-hybridized carbons (Fsp3) is 0.647. The van der Waals surface area contributed by atoms with Gasteiger partial charge in [0.2, 0.25) is 0 Å². The lowest BCUT2D eigenvalue weighted by molar-refractivity contribution is 0.293. The molecule has 0 amide bonds. The van der Waals surface area contributed by atoms with Crippen LogP contribution < -0.4 is 10.1 Å². The summed E-state index contributed by atoms with van der Waals surface area (Å²) in [5.41, 5.74) is 0.777. The summed E-state index contributed by atoms with van der Waals surface area (Å²) in [6, 6.07) is 5.32. The zero-order valence-corrected chi connectivity index (χ0v) is 12.6. The average molecular weight is 279 g/mol. The SMILES string of the molecule is CNC(c1ccc(OC)cc1F)C1CCCCCCC1. The van der Waals surface area contributed by atoms with Crippen molar-refractivity contribution < 1.29 is 9.13 Å². The minimum absolute atomic E-state index is 0.110. The molecule has 20 heavy (non-hydrogen) atoms. The smallest absolute Gasteiger partial charge is 0.131 e. The number of benzene rings is 1. The lowest BCUT2D eigenvalue weighted by Crippen LogP contribution is -2.27. The molecule has 1 aromatic rings. The van der Waals surface area contributed by atoms with E-state index < -0.39 is 0 Å². The number of hydrogen-bond acceptors (Lipinski definition) is 2. The average Bonchev–Trinajstić information content (AvgIpc) is 2.42. The van der Waals surface area contributed by atoms with Crippen molar-refractivity contribution in [2.75, 3.05) is 14.2 Å². The van der Waals surface area contributed by atoms with Gasteiger partial charge in [-0.15, -0.1) is 0 Å². The van der Waals surface area contributed by atoms with E-state index >= 15 is 0 Å². The van der Waals surface area contributed by atoms with Crippen LogP contribution in [0.5, 0.6) is 5.75 Å². The minimum Gasteiger partial charge on any atom is -0.497 e. The summed E-state index contributed by atoms with van der Waals surface area (Å²) < 4.78 is 19.4. The Kier molecular flexibility index (Phi) is 5.84. The number of hydrogen-bond donors (Lipinski definition) is 1. The molecule has 0 radical (unpaired) electrons. The van der Waals surface area contributed by atoms with E-state index in [-0.39, 0.29) is 11.9 Å². The first-order chi connectivity index (χ1) is 9.76. The maximum absolute atomic E-state index is 14.3. The molecular formula is C17H26FNO. The molecule has 1 atom stereocenters.